The Morgan fingerprint density at radius 2 is 1.86 bits per heavy atom. The summed E-state index contributed by atoms with van der Waals surface area (Å²) in [6.45, 7) is 3.36. The molecule has 5 nitrogen and oxygen atoms in total. The number of nitrogens with zero attached hydrogens (tertiary/aromatic N) is 4. The summed E-state index contributed by atoms with van der Waals surface area (Å²) in [5.74, 6) is 1.85. The lowest BCUT2D eigenvalue weighted by Gasteiger charge is -2.15. The summed E-state index contributed by atoms with van der Waals surface area (Å²) in [5.41, 5.74) is 1.10. The molecule has 118 valence electrons. The first kappa shape index (κ1) is 15.5. The first-order chi connectivity index (χ1) is 10.9. The lowest BCUT2D eigenvalue weighted by atomic mass is 10.3. The van der Waals surface area contributed by atoms with Gasteiger partial charge in [0.15, 0.2) is 11.0 Å². The zero-order valence-electron chi connectivity index (χ0n) is 12.7. The molecular weight excluding hydrogens is 296 g/mol. The molecule has 0 unspecified atom stereocenters. The summed E-state index contributed by atoms with van der Waals surface area (Å²) in [7, 11) is 0. The van der Waals surface area contributed by atoms with E-state index in [-0.39, 0.29) is 6.61 Å². The van der Waals surface area contributed by atoms with Crippen molar-refractivity contribution in [3.8, 4) is 5.69 Å². The molecule has 2 heterocycles. The van der Waals surface area contributed by atoms with Crippen LogP contribution in [0.15, 0.2) is 35.5 Å². The molecule has 1 fully saturated rings. The Bertz CT molecular complexity index is 581. The van der Waals surface area contributed by atoms with Crippen molar-refractivity contribution in [3.05, 3.63) is 36.2 Å². The lowest BCUT2D eigenvalue weighted by Crippen LogP contribution is -2.21. The van der Waals surface area contributed by atoms with Crippen LogP contribution in [0.1, 0.15) is 25.1 Å². The maximum Gasteiger partial charge on any atom is 0.195 e. The Balaban J connectivity index is 1.85. The average molecular weight is 318 g/mol. The minimum Gasteiger partial charge on any atom is -0.396 e. The van der Waals surface area contributed by atoms with Crippen LogP contribution in [0.3, 0.4) is 0 Å². The van der Waals surface area contributed by atoms with E-state index in [0.29, 0.717) is 0 Å². The fourth-order valence-electron chi connectivity index (χ4n) is 2.70. The highest BCUT2D eigenvalue weighted by molar-refractivity contribution is 7.99. The highest BCUT2D eigenvalue weighted by atomic mass is 32.2. The summed E-state index contributed by atoms with van der Waals surface area (Å²) in [6.07, 6.45) is 3.32. The van der Waals surface area contributed by atoms with Gasteiger partial charge >= 0.3 is 0 Å². The number of aliphatic hydroxyl groups excluding tert-OH is 1. The molecule has 0 amide bonds. The summed E-state index contributed by atoms with van der Waals surface area (Å²) < 4.78 is 2.15. The molecule has 3 rings (SSSR count). The second-order valence-electron chi connectivity index (χ2n) is 5.48. The molecule has 0 aliphatic carbocycles. The van der Waals surface area contributed by atoms with Crippen LogP contribution >= 0.6 is 11.8 Å². The Kier molecular flexibility index (Phi) is 5.48. The fraction of sp³-hybridized carbons (Fsp3) is 0.500. The summed E-state index contributed by atoms with van der Waals surface area (Å²) >= 11 is 1.66. The predicted octanol–water partition coefficient (Wildman–Crippen LogP) is 2.34. The molecule has 1 aromatic heterocycles. The van der Waals surface area contributed by atoms with Gasteiger partial charge in [0.2, 0.25) is 0 Å². The quantitative estimate of drug-likeness (QED) is 0.627. The number of rotatable bonds is 7. The molecule has 0 spiro atoms. The largest absolute Gasteiger partial charge is 0.396 e. The summed E-state index contributed by atoms with van der Waals surface area (Å²) in [6, 6.07) is 10.3. The van der Waals surface area contributed by atoms with Crippen LogP contribution in [-0.4, -0.2) is 50.2 Å². The number of aromatic nitrogens is 3. The molecule has 1 N–H and O–H groups in total. The highest BCUT2D eigenvalue weighted by Crippen LogP contribution is 2.24. The number of para-hydroxylation sites is 1. The van der Waals surface area contributed by atoms with Crippen LogP contribution in [0.5, 0.6) is 0 Å². The SMILES string of the molecule is OCCCSc1nnc(CN2CCCC2)n1-c1ccccc1. The standard InChI is InChI=1S/C16H22N4OS/c21-11-6-12-22-16-18-17-15(13-19-9-4-5-10-19)20(16)14-7-2-1-3-8-14/h1-3,7-8,21H,4-6,9-13H2. The van der Waals surface area contributed by atoms with Gasteiger partial charge in [-0.3, -0.25) is 9.47 Å². The van der Waals surface area contributed by atoms with Crippen molar-refractivity contribution in [2.75, 3.05) is 25.4 Å². The Morgan fingerprint density at radius 1 is 1.09 bits per heavy atom. The Morgan fingerprint density at radius 3 is 2.59 bits per heavy atom. The van der Waals surface area contributed by atoms with Gasteiger partial charge in [-0.2, -0.15) is 0 Å². The van der Waals surface area contributed by atoms with E-state index in [4.69, 9.17) is 5.11 Å². The van der Waals surface area contributed by atoms with Crippen LogP contribution in [0.4, 0.5) is 0 Å². The monoisotopic (exact) mass is 318 g/mol. The van der Waals surface area contributed by atoms with Gasteiger partial charge in [0.25, 0.3) is 0 Å². The van der Waals surface area contributed by atoms with Gasteiger partial charge in [-0.25, -0.2) is 0 Å². The van der Waals surface area contributed by atoms with Gasteiger partial charge < -0.3 is 5.11 Å². The molecular formula is C16H22N4OS. The van der Waals surface area contributed by atoms with E-state index in [1.54, 1.807) is 11.8 Å². The maximum absolute atomic E-state index is 8.96. The smallest absolute Gasteiger partial charge is 0.195 e. The number of hydrogen-bond donors (Lipinski definition) is 1. The highest BCUT2D eigenvalue weighted by Gasteiger charge is 2.19. The average Bonchev–Trinajstić information content (AvgIpc) is 3.19. The molecule has 0 bridgehead atoms. The van der Waals surface area contributed by atoms with Crippen LogP contribution in [0, 0.1) is 0 Å². The number of thioether (sulfide) groups is 1. The van der Waals surface area contributed by atoms with Crippen molar-refractivity contribution in [2.45, 2.75) is 31.0 Å². The molecule has 1 aliphatic heterocycles. The molecule has 22 heavy (non-hydrogen) atoms. The van der Waals surface area contributed by atoms with Gasteiger partial charge in [0.05, 0.1) is 6.54 Å². The first-order valence-electron chi connectivity index (χ1n) is 7.84. The molecule has 1 aromatic carbocycles. The van der Waals surface area contributed by atoms with Crippen LogP contribution in [0.2, 0.25) is 0 Å². The first-order valence-corrected chi connectivity index (χ1v) is 8.83. The van der Waals surface area contributed by atoms with Crippen LogP contribution in [-0.2, 0) is 6.54 Å². The van der Waals surface area contributed by atoms with Gasteiger partial charge in [-0.1, -0.05) is 30.0 Å². The van der Waals surface area contributed by atoms with Crippen molar-refractivity contribution < 1.29 is 5.11 Å². The predicted molar refractivity (Wildman–Crippen MR) is 88.3 cm³/mol. The lowest BCUT2D eigenvalue weighted by molar-refractivity contribution is 0.296. The van der Waals surface area contributed by atoms with Crippen LogP contribution in [0.25, 0.3) is 5.69 Å². The van der Waals surface area contributed by atoms with Gasteiger partial charge in [-0.15, -0.1) is 10.2 Å². The van der Waals surface area contributed by atoms with E-state index in [9.17, 15) is 0 Å². The maximum atomic E-state index is 8.96. The van der Waals surface area contributed by atoms with E-state index in [2.05, 4.69) is 31.8 Å². The van der Waals surface area contributed by atoms with Crippen LogP contribution < -0.4 is 0 Å². The number of hydrogen-bond acceptors (Lipinski definition) is 5. The van der Waals surface area contributed by atoms with Crippen molar-refractivity contribution >= 4 is 11.8 Å². The van der Waals surface area contributed by atoms with E-state index in [0.717, 1.165) is 48.5 Å². The van der Waals surface area contributed by atoms with Gasteiger partial charge in [0.1, 0.15) is 0 Å². The Hall–Kier alpha value is -1.37. The van der Waals surface area contributed by atoms with Crippen molar-refractivity contribution in [1.29, 1.82) is 0 Å². The fourth-order valence-corrected chi connectivity index (χ4v) is 3.60. The molecule has 0 radical (unpaired) electrons. The van der Waals surface area contributed by atoms with E-state index in [1.807, 2.05) is 18.2 Å². The zero-order chi connectivity index (χ0) is 15.2. The topological polar surface area (TPSA) is 54.2 Å². The number of benzene rings is 1. The third kappa shape index (κ3) is 3.69. The summed E-state index contributed by atoms with van der Waals surface area (Å²) in [5, 5.41) is 18.7. The molecule has 0 saturated carbocycles. The summed E-state index contributed by atoms with van der Waals surface area (Å²) in [4.78, 5) is 2.44. The van der Waals surface area contributed by atoms with Crippen molar-refractivity contribution in [2.24, 2.45) is 0 Å². The molecule has 6 heteroatoms. The zero-order valence-corrected chi connectivity index (χ0v) is 13.5. The molecule has 0 atom stereocenters. The molecule has 1 saturated heterocycles. The van der Waals surface area contributed by atoms with E-state index < -0.39 is 0 Å². The molecule has 1 aliphatic rings. The third-order valence-electron chi connectivity index (χ3n) is 3.81. The van der Waals surface area contributed by atoms with Gasteiger partial charge in [-0.05, 0) is 44.5 Å². The van der Waals surface area contributed by atoms with E-state index in [1.165, 1.54) is 12.8 Å². The van der Waals surface area contributed by atoms with Crippen molar-refractivity contribution in [1.82, 2.24) is 19.7 Å². The normalized spacial score (nSPS) is 15.5. The number of aliphatic hydroxyl groups is 1. The van der Waals surface area contributed by atoms with Crippen molar-refractivity contribution in [3.63, 3.8) is 0 Å². The second kappa shape index (κ2) is 7.76. The second-order valence-corrected chi connectivity index (χ2v) is 6.54. The third-order valence-corrected chi connectivity index (χ3v) is 4.83. The van der Waals surface area contributed by atoms with E-state index >= 15 is 0 Å². The minimum absolute atomic E-state index is 0.215. The molecule has 2 aromatic rings. The Labute approximate surface area is 135 Å². The van der Waals surface area contributed by atoms with Gasteiger partial charge in [0, 0.05) is 18.0 Å². The minimum atomic E-state index is 0.215. The number of likely N-dealkylation sites (tertiary alicyclic amines) is 1.